The van der Waals surface area contributed by atoms with Gasteiger partial charge < -0.3 is 20.1 Å². The smallest absolute Gasteiger partial charge is 0.195 e. The van der Waals surface area contributed by atoms with Gasteiger partial charge in [0.25, 0.3) is 0 Å². The summed E-state index contributed by atoms with van der Waals surface area (Å²) in [6.07, 6.45) is 0. The molecule has 0 saturated heterocycles. The van der Waals surface area contributed by atoms with Gasteiger partial charge >= 0.3 is 0 Å². The van der Waals surface area contributed by atoms with Gasteiger partial charge in [0.05, 0.1) is 14.2 Å². The van der Waals surface area contributed by atoms with Crippen LogP contribution in [0, 0.1) is 0 Å². The van der Waals surface area contributed by atoms with E-state index in [1.165, 1.54) is 0 Å². The topological polar surface area (TPSA) is 54.9 Å². The predicted molar refractivity (Wildman–Crippen MR) is 115 cm³/mol. The number of rotatable bonds is 5. The average molecular weight is 496 g/mol. The number of methoxy groups -OCH3 is 2. The van der Waals surface area contributed by atoms with Crippen LogP contribution < -0.4 is 20.1 Å². The lowest BCUT2D eigenvalue weighted by atomic mass is 10.2. The molecule has 0 atom stereocenters. The Hall–Kier alpha value is -1.38. The second kappa shape index (κ2) is 10.6. The highest BCUT2D eigenvalue weighted by Crippen LogP contribution is 2.29. The number of nitrogens with zero attached hydrogens (tertiary/aromatic N) is 1. The summed E-state index contributed by atoms with van der Waals surface area (Å²) < 4.78 is 10.5. The molecule has 136 valence electrons. The van der Waals surface area contributed by atoms with Crippen molar-refractivity contribution in [3.05, 3.63) is 52.0 Å². The van der Waals surface area contributed by atoms with Gasteiger partial charge in [-0.3, -0.25) is 4.99 Å². The fraction of sp³-hybridized carbons (Fsp3) is 0.235. The minimum Gasteiger partial charge on any atom is -0.493 e. The zero-order valence-electron chi connectivity index (χ0n) is 14.1. The fourth-order valence-electron chi connectivity index (χ4n) is 2.07. The molecular formula is C17H20Cl2IN3O2. The minimum absolute atomic E-state index is 0. The van der Waals surface area contributed by atoms with E-state index in [1.807, 2.05) is 24.3 Å². The van der Waals surface area contributed by atoms with Gasteiger partial charge in [0.1, 0.15) is 0 Å². The average Bonchev–Trinajstić information content (AvgIpc) is 2.59. The van der Waals surface area contributed by atoms with Gasteiger partial charge in [0.15, 0.2) is 17.5 Å². The highest BCUT2D eigenvalue weighted by molar-refractivity contribution is 14.0. The lowest BCUT2D eigenvalue weighted by Gasteiger charge is -2.14. The molecule has 0 fully saturated rings. The van der Waals surface area contributed by atoms with Crippen molar-refractivity contribution in [1.29, 1.82) is 0 Å². The molecule has 0 bridgehead atoms. The Labute approximate surface area is 174 Å². The Morgan fingerprint density at radius 2 is 1.76 bits per heavy atom. The third-order valence-electron chi connectivity index (χ3n) is 3.33. The summed E-state index contributed by atoms with van der Waals surface area (Å²) in [5, 5.41) is 7.61. The summed E-state index contributed by atoms with van der Waals surface area (Å²) in [5.41, 5.74) is 1.75. The second-order valence-corrected chi connectivity index (χ2v) is 5.70. The molecule has 0 amide bonds. The van der Waals surface area contributed by atoms with Gasteiger partial charge in [0.2, 0.25) is 0 Å². The van der Waals surface area contributed by atoms with E-state index in [4.69, 9.17) is 32.7 Å². The van der Waals surface area contributed by atoms with E-state index in [2.05, 4.69) is 15.6 Å². The molecule has 5 nitrogen and oxygen atoms in total. The second-order valence-electron chi connectivity index (χ2n) is 4.86. The summed E-state index contributed by atoms with van der Waals surface area (Å²) in [6, 6.07) is 10.9. The zero-order chi connectivity index (χ0) is 17.5. The first-order chi connectivity index (χ1) is 11.6. The van der Waals surface area contributed by atoms with Crippen molar-refractivity contribution in [2.75, 3.05) is 26.6 Å². The summed E-state index contributed by atoms with van der Waals surface area (Å²) in [6.45, 7) is 0.517. The molecule has 2 N–H and O–H groups in total. The first-order valence-electron chi connectivity index (χ1n) is 7.21. The highest BCUT2D eigenvalue weighted by atomic mass is 127. The van der Waals surface area contributed by atoms with E-state index in [-0.39, 0.29) is 24.0 Å². The Morgan fingerprint density at radius 3 is 2.36 bits per heavy atom. The summed E-state index contributed by atoms with van der Waals surface area (Å²) in [7, 11) is 4.89. The van der Waals surface area contributed by atoms with Crippen LogP contribution in [-0.4, -0.2) is 27.2 Å². The van der Waals surface area contributed by atoms with E-state index in [0.29, 0.717) is 34.0 Å². The third kappa shape index (κ3) is 6.13. The van der Waals surface area contributed by atoms with E-state index in [0.717, 1.165) is 11.3 Å². The molecule has 0 saturated carbocycles. The molecule has 25 heavy (non-hydrogen) atoms. The standard InChI is InChI=1S/C17H19Cl2N3O2.HI/c1-20-17(21-10-11-4-5-12(18)8-14(11)19)22-13-6-7-15(23-2)16(9-13)24-3;/h4-9H,10H2,1-3H3,(H2,20,21,22);1H. The maximum absolute atomic E-state index is 6.17. The number of anilines is 1. The first-order valence-corrected chi connectivity index (χ1v) is 7.96. The molecule has 2 rings (SSSR count). The molecule has 0 spiro atoms. The number of ether oxygens (including phenoxy) is 2. The van der Waals surface area contributed by atoms with E-state index < -0.39 is 0 Å². The molecule has 0 aliphatic heterocycles. The number of nitrogens with one attached hydrogen (secondary N) is 2. The lowest BCUT2D eigenvalue weighted by Crippen LogP contribution is -2.30. The molecule has 0 aliphatic rings. The number of hydrogen-bond acceptors (Lipinski definition) is 3. The van der Waals surface area contributed by atoms with Crippen molar-refractivity contribution >= 4 is 58.8 Å². The Morgan fingerprint density at radius 1 is 1.04 bits per heavy atom. The molecule has 0 unspecified atom stereocenters. The molecule has 0 aromatic heterocycles. The molecular weight excluding hydrogens is 476 g/mol. The molecule has 8 heteroatoms. The third-order valence-corrected chi connectivity index (χ3v) is 3.92. The van der Waals surface area contributed by atoms with Crippen LogP contribution in [0.2, 0.25) is 10.0 Å². The van der Waals surface area contributed by atoms with Crippen molar-refractivity contribution < 1.29 is 9.47 Å². The number of benzene rings is 2. The SMILES string of the molecule is CN=C(NCc1ccc(Cl)cc1Cl)Nc1ccc(OC)c(OC)c1.I. The van der Waals surface area contributed by atoms with Crippen molar-refractivity contribution in [3.8, 4) is 11.5 Å². The Kier molecular flexibility index (Phi) is 9.16. The van der Waals surface area contributed by atoms with Gasteiger partial charge in [0, 0.05) is 35.4 Å². The highest BCUT2D eigenvalue weighted by Gasteiger charge is 2.07. The van der Waals surface area contributed by atoms with Crippen LogP contribution in [0.15, 0.2) is 41.4 Å². The zero-order valence-corrected chi connectivity index (χ0v) is 17.9. The first kappa shape index (κ1) is 21.7. The summed E-state index contributed by atoms with van der Waals surface area (Å²) in [5.74, 6) is 1.91. The van der Waals surface area contributed by atoms with Crippen molar-refractivity contribution in [2.45, 2.75) is 6.54 Å². The van der Waals surface area contributed by atoms with Crippen LogP contribution in [0.5, 0.6) is 11.5 Å². The van der Waals surface area contributed by atoms with Gasteiger partial charge in [-0.2, -0.15) is 0 Å². The normalized spacial score (nSPS) is 10.7. The summed E-state index contributed by atoms with van der Waals surface area (Å²) >= 11 is 12.1. The quantitative estimate of drug-likeness (QED) is 0.355. The Bertz CT molecular complexity index is 742. The fourth-order valence-corrected chi connectivity index (χ4v) is 2.55. The predicted octanol–water partition coefficient (Wildman–Crippen LogP) is 4.82. The molecule has 2 aromatic carbocycles. The van der Waals surface area contributed by atoms with Gasteiger partial charge in [-0.15, -0.1) is 24.0 Å². The maximum Gasteiger partial charge on any atom is 0.195 e. The monoisotopic (exact) mass is 495 g/mol. The maximum atomic E-state index is 6.17. The van der Waals surface area contributed by atoms with Crippen molar-refractivity contribution in [2.24, 2.45) is 4.99 Å². The van der Waals surface area contributed by atoms with E-state index in [9.17, 15) is 0 Å². The Balaban J connectivity index is 0.00000312. The molecule has 0 radical (unpaired) electrons. The van der Waals surface area contributed by atoms with Crippen molar-refractivity contribution in [3.63, 3.8) is 0 Å². The van der Waals surface area contributed by atoms with Crippen LogP contribution in [-0.2, 0) is 6.54 Å². The van der Waals surface area contributed by atoms with Crippen LogP contribution in [0.25, 0.3) is 0 Å². The lowest BCUT2D eigenvalue weighted by molar-refractivity contribution is 0.355. The summed E-state index contributed by atoms with van der Waals surface area (Å²) in [4.78, 5) is 4.20. The van der Waals surface area contributed by atoms with E-state index >= 15 is 0 Å². The number of aliphatic imine (C=N–C) groups is 1. The van der Waals surface area contributed by atoms with Crippen LogP contribution in [0.4, 0.5) is 5.69 Å². The van der Waals surface area contributed by atoms with Crippen LogP contribution >= 0.6 is 47.2 Å². The number of halogens is 3. The molecule has 0 aliphatic carbocycles. The van der Waals surface area contributed by atoms with E-state index in [1.54, 1.807) is 33.4 Å². The van der Waals surface area contributed by atoms with Gasteiger partial charge in [-0.05, 0) is 29.8 Å². The van der Waals surface area contributed by atoms with Crippen LogP contribution in [0.1, 0.15) is 5.56 Å². The largest absolute Gasteiger partial charge is 0.493 e. The van der Waals surface area contributed by atoms with Gasteiger partial charge in [-0.1, -0.05) is 29.3 Å². The van der Waals surface area contributed by atoms with Gasteiger partial charge in [-0.25, -0.2) is 0 Å². The van der Waals surface area contributed by atoms with Crippen LogP contribution in [0.3, 0.4) is 0 Å². The minimum atomic E-state index is 0. The number of hydrogen-bond donors (Lipinski definition) is 2. The molecule has 0 heterocycles. The number of guanidine groups is 1. The van der Waals surface area contributed by atoms with Crippen molar-refractivity contribution in [1.82, 2.24) is 5.32 Å². The molecule has 2 aromatic rings.